The monoisotopic (exact) mass is 287 g/mol. The molecule has 1 saturated heterocycles. The zero-order valence-corrected chi connectivity index (χ0v) is 10.4. The number of hydrogen-bond donors (Lipinski definition) is 1. The van der Waals surface area contributed by atoms with Crippen LogP contribution in [0.15, 0.2) is 12.4 Å². The lowest BCUT2D eigenvalue weighted by Gasteiger charge is -2.24. The van der Waals surface area contributed by atoms with Gasteiger partial charge in [-0.2, -0.15) is 27.8 Å². The average molecular weight is 287 g/mol. The second kappa shape index (κ2) is 4.89. The van der Waals surface area contributed by atoms with Gasteiger partial charge >= 0.3 is 6.18 Å². The molecule has 0 radical (unpaired) electrons. The van der Waals surface area contributed by atoms with Crippen LogP contribution in [0.3, 0.4) is 0 Å². The van der Waals surface area contributed by atoms with Gasteiger partial charge in [0, 0.05) is 25.3 Å². The van der Waals surface area contributed by atoms with Crippen LogP contribution < -0.4 is 5.32 Å². The molecule has 1 aliphatic heterocycles. The van der Waals surface area contributed by atoms with Crippen molar-refractivity contribution in [2.24, 2.45) is 0 Å². The number of aromatic nitrogens is 4. The van der Waals surface area contributed by atoms with Crippen LogP contribution in [0.25, 0.3) is 5.78 Å². The molecule has 0 amide bonds. The lowest BCUT2D eigenvalue weighted by atomic mass is 10.1. The third kappa shape index (κ3) is 2.53. The summed E-state index contributed by atoms with van der Waals surface area (Å²) in [5.74, 6) is 0.168. The molecule has 108 valence electrons. The van der Waals surface area contributed by atoms with Gasteiger partial charge in [0.25, 0.3) is 5.78 Å². The third-order valence-electron chi connectivity index (χ3n) is 3.12. The first-order valence-corrected chi connectivity index (χ1v) is 6.16. The highest BCUT2D eigenvalue weighted by Gasteiger charge is 2.34. The molecule has 3 rings (SSSR count). The van der Waals surface area contributed by atoms with Gasteiger partial charge in [-0.1, -0.05) is 0 Å². The molecular formula is C11H12F3N5O. The predicted octanol–water partition coefficient (Wildman–Crippen LogP) is 1.73. The molecule has 0 bridgehead atoms. The van der Waals surface area contributed by atoms with Crippen LogP contribution in [0.2, 0.25) is 0 Å². The number of nitrogens with one attached hydrogen (secondary N) is 1. The van der Waals surface area contributed by atoms with Crippen molar-refractivity contribution in [3.63, 3.8) is 0 Å². The Hall–Kier alpha value is -1.90. The Morgan fingerprint density at radius 2 is 2.05 bits per heavy atom. The van der Waals surface area contributed by atoms with Crippen LogP contribution in [0.5, 0.6) is 0 Å². The highest BCUT2D eigenvalue weighted by molar-refractivity contribution is 5.46. The number of hydrogen-bond acceptors (Lipinski definition) is 5. The van der Waals surface area contributed by atoms with Crippen molar-refractivity contribution in [2.45, 2.75) is 25.1 Å². The van der Waals surface area contributed by atoms with E-state index in [1.807, 2.05) is 0 Å². The summed E-state index contributed by atoms with van der Waals surface area (Å²) in [5.41, 5.74) is -0.979. The van der Waals surface area contributed by atoms with E-state index < -0.39 is 11.9 Å². The molecule has 20 heavy (non-hydrogen) atoms. The number of anilines is 1. The molecule has 2 aromatic heterocycles. The number of halogens is 3. The average Bonchev–Trinajstić information content (AvgIpc) is 2.87. The first-order chi connectivity index (χ1) is 9.54. The minimum Gasteiger partial charge on any atom is -0.381 e. The molecule has 2 aromatic rings. The van der Waals surface area contributed by atoms with E-state index >= 15 is 0 Å². The zero-order chi connectivity index (χ0) is 14.2. The summed E-state index contributed by atoms with van der Waals surface area (Å²) < 4.78 is 44.9. The van der Waals surface area contributed by atoms with Crippen LogP contribution in [0.1, 0.15) is 18.5 Å². The van der Waals surface area contributed by atoms with Crippen molar-refractivity contribution >= 4 is 11.6 Å². The lowest BCUT2D eigenvalue weighted by molar-refractivity contribution is -0.141. The normalized spacial score (nSPS) is 17.6. The van der Waals surface area contributed by atoms with Gasteiger partial charge in [0.05, 0.1) is 0 Å². The fraction of sp³-hybridized carbons (Fsp3) is 0.545. The minimum atomic E-state index is -4.51. The molecule has 0 saturated carbocycles. The predicted molar refractivity (Wildman–Crippen MR) is 63.2 cm³/mol. The van der Waals surface area contributed by atoms with Gasteiger partial charge in [-0.25, -0.2) is 4.98 Å². The first kappa shape index (κ1) is 13.1. The van der Waals surface area contributed by atoms with Gasteiger partial charge < -0.3 is 10.1 Å². The number of fused-ring (bicyclic) bond motifs is 1. The van der Waals surface area contributed by atoms with Crippen molar-refractivity contribution in [2.75, 3.05) is 18.5 Å². The highest BCUT2D eigenvalue weighted by Crippen LogP contribution is 2.30. The standard InChI is InChI=1S/C11H12F3N5O/c12-11(13,14)8-5-9(17-7-1-3-20-4-2-7)19-10(18-8)15-6-16-19/h5-7,17H,1-4H2. The molecule has 6 nitrogen and oxygen atoms in total. The van der Waals surface area contributed by atoms with Crippen LogP contribution in [0, 0.1) is 0 Å². The lowest BCUT2D eigenvalue weighted by Crippen LogP contribution is -2.29. The van der Waals surface area contributed by atoms with Gasteiger partial charge in [0.15, 0.2) is 5.69 Å². The fourth-order valence-corrected chi connectivity index (χ4v) is 2.11. The van der Waals surface area contributed by atoms with E-state index in [0.29, 0.717) is 13.2 Å². The molecular weight excluding hydrogens is 275 g/mol. The van der Waals surface area contributed by atoms with Gasteiger partial charge in [-0.05, 0) is 12.8 Å². The molecule has 0 atom stereocenters. The molecule has 0 aromatic carbocycles. The zero-order valence-electron chi connectivity index (χ0n) is 10.4. The molecule has 1 aliphatic rings. The van der Waals surface area contributed by atoms with E-state index in [0.717, 1.165) is 18.9 Å². The van der Waals surface area contributed by atoms with Gasteiger partial charge in [-0.3, -0.25) is 0 Å². The second-order valence-corrected chi connectivity index (χ2v) is 4.53. The minimum absolute atomic E-state index is 0.0552. The van der Waals surface area contributed by atoms with Crippen LogP contribution in [-0.4, -0.2) is 38.8 Å². The number of nitrogens with zero attached hydrogens (tertiary/aromatic N) is 4. The SMILES string of the molecule is FC(F)(F)c1cc(NC2CCOCC2)n2ncnc2n1. The van der Waals surface area contributed by atoms with E-state index in [1.54, 1.807) is 0 Å². The summed E-state index contributed by atoms with van der Waals surface area (Å²) in [6, 6.07) is 1.01. The van der Waals surface area contributed by atoms with E-state index in [2.05, 4.69) is 20.4 Å². The van der Waals surface area contributed by atoms with Gasteiger partial charge in [0.1, 0.15) is 12.1 Å². The van der Waals surface area contributed by atoms with E-state index in [1.165, 1.54) is 10.8 Å². The summed E-state index contributed by atoms with van der Waals surface area (Å²) >= 11 is 0. The summed E-state index contributed by atoms with van der Waals surface area (Å²) in [6.45, 7) is 1.19. The number of rotatable bonds is 2. The van der Waals surface area contributed by atoms with Crippen LogP contribution in [0.4, 0.5) is 19.0 Å². The van der Waals surface area contributed by atoms with Crippen molar-refractivity contribution in [1.29, 1.82) is 0 Å². The molecule has 0 unspecified atom stereocenters. The molecule has 0 spiro atoms. The summed E-state index contributed by atoms with van der Waals surface area (Å²) in [4.78, 5) is 7.18. The number of ether oxygens (including phenoxy) is 1. The summed E-state index contributed by atoms with van der Waals surface area (Å²) in [6.07, 6.45) is -1.86. The van der Waals surface area contributed by atoms with Crippen LogP contribution >= 0.6 is 0 Å². The highest BCUT2D eigenvalue weighted by atomic mass is 19.4. The molecule has 1 fully saturated rings. The number of alkyl halides is 3. The Kier molecular flexibility index (Phi) is 3.20. The third-order valence-corrected chi connectivity index (χ3v) is 3.12. The van der Waals surface area contributed by atoms with E-state index in [4.69, 9.17) is 4.74 Å². The summed E-state index contributed by atoms with van der Waals surface area (Å²) in [5, 5.41) is 6.95. The smallest absolute Gasteiger partial charge is 0.381 e. The molecule has 1 N–H and O–H groups in total. The Balaban J connectivity index is 1.97. The summed E-state index contributed by atoms with van der Waals surface area (Å²) in [7, 11) is 0. The maximum Gasteiger partial charge on any atom is 0.433 e. The van der Waals surface area contributed by atoms with Crippen molar-refractivity contribution < 1.29 is 17.9 Å². The maximum absolute atomic E-state index is 12.8. The van der Waals surface area contributed by atoms with Crippen molar-refractivity contribution in [3.8, 4) is 0 Å². The Morgan fingerprint density at radius 1 is 1.30 bits per heavy atom. The van der Waals surface area contributed by atoms with Crippen molar-refractivity contribution in [1.82, 2.24) is 19.6 Å². The Labute approximate surface area is 112 Å². The van der Waals surface area contributed by atoms with Gasteiger partial charge in [0.2, 0.25) is 0 Å². The fourth-order valence-electron chi connectivity index (χ4n) is 2.11. The van der Waals surface area contributed by atoms with E-state index in [-0.39, 0.29) is 17.6 Å². The first-order valence-electron chi connectivity index (χ1n) is 6.16. The second-order valence-electron chi connectivity index (χ2n) is 4.53. The largest absolute Gasteiger partial charge is 0.433 e. The van der Waals surface area contributed by atoms with Gasteiger partial charge in [-0.15, -0.1) is 0 Å². The Bertz CT molecular complexity index is 606. The van der Waals surface area contributed by atoms with E-state index in [9.17, 15) is 13.2 Å². The maximum atomic E-state index is 12.8. The van der Waals surface area contributed by atoms with Crippen LogP contribution in [-0.2, 0) is 10.9 Å². The molecule has 9 heteroatoms. The molecule has 3 heterocycles. The molecule has 0 aliphatic carbocycles. The van der Waals surface area contributed by atoms with Crippen molar-refractivity contribution in [3.05, 3.63) is 18.1 Å². The Morgan fingerprint density at radius 3 is 2.75 bits per heavy atom. The topological polar surface area (TPSA) is 64.3 Å². The quantitative estimate of drug-likeness (QED) is 0.911.